The van der Waals surface area contributed by atoms with Crippen molar-refractivity contribution in [2.45, 2.75) is 50.4 Å². The van der Waals surface area contributed by atoms with Crippen LogP contribution in [0.15, 0.2) is 121 Å². The Kier molecular flexibility index (Phi) is 7.69. The number of phenols is 4. The van der Waals surface area contributed by atoms with Gasteiger partial charge in [-0.05, 0) is 82.3 Å². The third kappa shape index (κ3) is 5.22. The highest BCUT2D eigenvalue weighted by Crippen LogP contribution is 2.46. The lowest BCUT2D eigenvalue weighted by Crippen LogP contribution is -2.26. The highest BCUT2D eigenvalue weighted by atomic mass is 16.3. The Morgan fingerprint density at radius 2 is 0.773 bits per heavy atom. The molecule has 0 radical (unpaired) electrons. The van der Waals surface area contributed by atoms with Gasteiger partial charge in [0.15, 0.2) is 0 Å². The molecule has 6 aromatic rings. The molecule has 0 amide bonds. The Labute approximate surface area is 258 Å². The Bertz CT molecular complexity index is 1790. The summed E-state index contributed by atoms with van der Waals surface area (Å²) in [5, 5.41) is 45.1. The van der Waals surface area contributed by atoms with Crippen LogP contribution in [0.25, 0.3) is 21.5 Å². The highest BCUT2D eigenvalue weighted by Gasteiger charge is 2.34. The molecule has 0 bridgehead atoms. The molecule has 0 aliphatic heterocycles. The number of unbranched alkanes of at least 4 members (excludes halogenated alkanes) is 1. The quantitative estimate of drug-likeness (QED) is 0.128. The molecule has 0 aliphatic rings. The smallest absolute Gasteiger partial charge is 0.123 e. The van der Waals surface area contributed by atoms with E-state index in [-0.39, 0.29) is 28.4 Å². The monoisotopic (exact) mass is 582 g/mol. The number of fused-ring (bicyclic) bond motifs is 2. The van der Waals surface area contributed by atoms with E-state index in [9.17, 15) is 20.4 Å². The van der Waals surface area contributed by atoms with Gasteiger partial charge in [-0.15, -0.1) is 0 Å². The molecule has 0 aliphatic carbocycles. The first-order valence-corrected chi connectivity index (χ1v) is 15.2. The standard InChI is InChI=1S/C40H38O4/c1-39(27-13-17-29(41)18-14-27,28-15-19-30(42)20-16-28)25-7-8-26-40(2,35-21-23-37(43)33-11-5-3-9-31(33)35)36-22-24-38(44)34-12-6-4-10-32(34)36/h3-6,9-24,41-44H,7-8,25-26H2,1-2H3. The van der Waals surface area contributed by atoms with Crippen molar-refractivity contribution in [3.05, 3.63) is 144 Å². The van der Waals surface area contributed by atoms with Crippen LogP contribution in [0.5, 0.6) is 23.0 Å². The fraction of sp³-hybridized carbons (Fsp3) is 0.200. The summed E-state index contributed by atoms with van der Waals surface area (Å²) in [4.78, 5) is 0. The molecule has 44 heavy (non-hydrogen) atoms. The lowest BCUT2D eigenvalue weighted by atomic mass is 9.68. The van der Waals surface area contributed by atoms with E-state index in [4.69, 9.17) is 0 Å². The Morgan fingerprint density at radius 3 is 1.18 bits per heavy atom. The van der Waals surface area contributed by atoms with Crippen molar-refractivity contribution in [3.8, 4) is 23.0 Å². The molecule has 0 saturated heterocycles. The molecule has 0 heterocycles. The molecule has 0 saturated carbocycles. The summed E-state index contributed by atoms with van der Waals surface area (Å²) in [7, 11) is 0. The minimum atomic E-state index is -0.423. The second-order valence-corrected chi connectivity index (χ2v) is 12.3. The van der Waals surface area contributed by atoms with Crippen LogP contribution in [-0.2, 0) is 10.8 Å². The zero-order chi connectivity index (χ0) is 30.9. The van der Waals surface area contributed by atoms with Crippen LogP contribution in [0, 0.1) is 0 Å². The number of rotatable bonds is 9. The summed E-state index contributed by atoms with van der Waals surface area (Å²) >= 11 is 0. The van der Waals surface area contributed by atoms with Gasteiger partial charge in [-0.3, -0.25) is 0 Å². The van der Waals surface area contributed by atoms with E-state index in [1.54, 1.807) is 36.4 Å². The third-order valence-corrected chi connectivity index (χ3v) is 9.60. The van der Waals surface area contributed by atoms with Crippen LogP contribution >= 0.6 is 0 Å². The number of hydrogen-bond acceptors (Lipinski definition) is 4. The first kappa shape index (κ1) is 29.1. The topological polar surface area (TPSA) is 80.9 Å². The number of hydrogen-bond donors (Lipinski definition) is 4. The summed E-state index contributed by atoms with van der Waals surface area (Å²) in [6.45, 7) is 4.51. The maximum absolute atomic E-state index is 10.7. The van der Waals surface area contributed by atoms with Crippen LogP contribution < -0.4 is 0 Å². The van der Waals surface area contributed by atoms with E-state index >= 15 is 0 Å². The zero-order valence-corrected chi connectivity index (χ0v) is 25.2. The third-order valence-electron chi connectivity index (χ3n) is 9.60. The summed E-state index contributed by atoms with van der Waals surface area (Å²) in [6.07, 6.45) is 3.57. The van der Waals surface area contributed by atoms with Crippen molar-refractivity contribution in [2.24, 2.45) is 0 Å². The van der Waals surface area contributed by atoms with Crippen molar-refractivity contribution >= 4 is 21.5 Å². The SMILES string of the molecule is CC(CCCCC(C)(c1ccc(O)c2ccccc12)c1ccc(O)c2ccccc12)(c1ccc(O)cc1)c1ccc(O)cc1. The second kappa shape index (κ2) is 11.6. The maximum atomic E-state index is 10.7. The Hall–Kier alpha value is -4.96. The van der Waals surface area contributed by atoms with Gasteiger partial charge in [0.05, 0.1) is 0 Å². The molecule has 0 aromatic heterocycles. The molecular formula is C40H38O4. The van der Waals surface area contributed by atoms with Gasteiger partial charge in [0.25, 0.3) is 0 Å². The largest absolute Gasteiger partial charge is 0.508 e. The Balaban J connectivity index is 1.39. The van der Waals surface area contributed by atoms with Crippen molar-refractivity contribution in [3.63, 3.8) is 0 Å². The first-order chi connectivity index (χ1) is 21.2. The van der Waals surface area contributed by atoms with Gasteiger partial charge in [-0.2, -0.15) is 0 Å². The van der Waals surface area contributed by atoms with Crippen molar-refractivity contribution in [2.75, 3.05) is 0 Å². The molecular weight excluding hydrogens is 544 g/mol. The molecule has 0 atom stereocenters. The summed E-state index contributed by atoms with van der Waals surface area (Å²) in [6, 6.07) is 38.6. The molecule has 6 rings (SSSR count). The number of phenolic OH excluding ortho intramolecular Hbond substituents is 4. The van der Waals surface area contributed by atoms with Gasteiger partial charge in [0.1, 0.15) is 23.0 Å². The van der Waals surface area contributed by atoms with E-state index < -0.39 is 5.41 Å². The average molecular weight is 583 g/mol. The zero-order valence-electron chi connectivity index (χ0n) is 25.2. The fourth-order valence-electron chi connectivity index (χ4n) is 7.01. The second-order valence-electron chi connectivity index (χ2n) is 12.3. The van der Waals surface area contributed by atoms with Crippen molar-refractivity contribution in [1.82, 2.24) is 0 Å². The predicted octanol–water partition coefficient (Wildman–Crippen LogP) is 9.69. The minimum absolute atomic E-state index is 0.236. The van der Waals surface area contributed by atoms with Gasteiger partial charge >= 0.3 is 0 Å². The lowest BCUT2D eigenvalue weighted by molar-refractivity contribution is 0.434. The average Bonchev–Trinajstić information content (AvgIpc) is 3.04. The van der Waals surface area contributed by atoms with Crippen LogP contribution in [0.3, 0.4) is 0 Å². The maximum Gasteiger partial charge on any atom is 0.123 e. The van der Waals surface area contributed by atoms with Crippen LogP contribution in [0.4, 0.5) is 0 Å². The van der Waals surface area contributed by atoms with Gasteiger partial charge < -0.3 is 20.4 Å². The number of aromatic hydroxyl groups is 4. The first-order valence-electron chi connectivity index (χ1n) is 15.2. The van der Waals surface area contributed by atoms with Crippen LogP contribution in [-0.4, -0.2) is 20.4 Å². The highest BCUT2D eigenvalue weighted by molar-refractivity contribution is 5.95. The Morgan fingerprint density at radius 1 is 0.409 bits per heavy atom. The van der Waals surface area contributed by atoms with E-state index in [0.717, 1.165) is 69.5 Å². The van der Waals surface area contributed by atoms with Gasteiger partial charge in [0.2, 0.25) is 0 Å². The summed E-state index contributed by atoms with van der Waals surface area (Å²) < 4.78 is 0. The van der Waals surface area contributed by atoms with Crippen LogP contribution in [0.1, 0.15) is 61.8 Å². The molecule has 222 valence electrons. The lowest BCUT2D eigenvalue weighted by Gasteiger charge is -2.35. The van der Waals surface area contributed by atoms with E-state index in [1.807, 2.05) is 60.7 Å². The van der Waals surface area contributed by atoms with Crippen molar-refractivity contribution in [1.29, 1.82) is 0 Å². The molecule has 4 heteroatoms. The molecule has 4 N–H and O–H groups in total. The minimum Gasteiger partial charge on any atom is -0.508 e. The van der Waals surface area contributed by atoms with Gasteiger partial charge in [0, 0.05) is 21.6 Å². The van der Waals surface area contributed by atoms with Crippen molar-refractivity contribution < 1.29 is 20.4 Å². The molecule has 6 aromatic carbocycles. The predicted molar refractivity (Wildman–Crippen MR) is 179 cm³/mol. The molecule has 0 fully saturated rings. The summed E-state index contributed by atoms with van der Waals surface area (Å²) in [5.41, 5.74) is 3.75. The molecule has 0 spiro atoms. The van der Waals surface area contributed by atoms with Gasteiger partial charge in [-0.1, -0.05) is 112 Å². The normalized spacial score (nSPS) is 12.1. The molecule has 0 unspecified atom stereocenters. The summed E-state index contributed by atoms with van der Waals surface area (Å²) in [5.74, 6) is 1.00. The van der Waals surface area contributed by atoms with E-state index in [2.05, 4.69) is 38.1 Å². The van der Waals surface area contributed by atoms with Gasteiger partial charge in [-0.25, -0.2) is 0 Å². The van der Waals surface area contributed by atoms with E-state index in [1.165, 1.54) is 0 Å². The van der Waals surface area contributed by atoms with Crippen LogP contribution in [0.2, 0.25) is 0 Å². The van der Waals surface area contributed by atoms with E-state index in [0.29, 0.717) is 0 Å². The molecule has 4 nitrogen and oxygen atoms in total. The fourth-order valence-corrected chi connectivity index (χ4v) is 7.01. The number of benzene rings is 6.